The van der Waals surface area contributed by atoms with Crippen LogP contribution in [0.1, 0.15) is 23.5 Å². The van der Waals surface area contributed by atoms with Gasteiger partial charge in [-0.25, -0.2) is 0 Å². The molecule has 0 spiro atoms. The van der Waals surface area contributed by atoms with Crippen LogP contribution in [0.3, 0.4) is 0 Å². The first-order valence-electron chi connectivity index (χ1n) is 5.37. The summed E-state index contributed by atoms with van der Waals surface area (Å²) in [7, 11) is 0. The van der Waals surface area contributed by atoms with Crippen molar-refractivity contribution in [1.29, 1.82) is 0 Å². The maximum Gasteiger partial charge on any atom is 0.264 e. The molecule has 3 nitrogen and oxygen atoms in total. The van der Waals surface area contributed by atoms with Crippen LogP contribution in [0.2, 0.25) is 9.36 Å². The summed E-state index contributed by atoms with van der Waals surface area (Å²) in [5.74, 6) is -0.0224. The first-order chi connectivity index (χ1) is 7.97. The van der Waals surface area contributed by atoms with E-state index in [-0.39, 0.29) is 18.1 Å². The van der Waals surface area contributed by atoms with Crippen molar-refractivity contribution in [2.24, 2.45) is 0 Å². The topological polar surface area (TPSA) is 29.5 Å². The molecule has 0 aromatic carbocycles. The number of rotatable bonds is 1. The molecule has 1 fully saturated rings. The number of nitrogens with zero attached hydrogens (tertiary/aromatic N) is 1. The largest absolute Gasteiger partial charge is 0.372 e. The average Bonchev–Trinajstić information content (AvgIpc) is 2.57. The van der Waals surface area contributed by atoms with Crippen LogP contribution in [0.4, 0.5) is 0 Å². The summed E-state index contributed by atoms with van der Waals surface area (Å²) in [6.45, 7) is 5.14. The smallest absolute Gasteiger partial charge is 0.264 e. The Morgan fingerprint density at radius 1 is 1.41 bits per heavy atom. The second-order valence-corrected chi connectivity index (χ2v) is 6.26. The summed E-state index contributed by atoms with van der Waals surface area (Å²) in [6, 6.07) is 1.63. The van der Waals surface area contributed by atoms with Crippen molar-refractivity contribution in [3.63, 3.8) is 0 Å². The molecule has 1 amide bonds. The zero-order valence-corrected chi connectivity index (χ0v) is 11.9. The first kappa shape index (κ1) is 13.1. The van der Waals surface area contributed by atoms with E-state index in [1.54, 1.807) is 11.0 Å². The lowest BCUT2D eigenvalue weighted by Gasteiger charge is -2.35. The van der Waals surface area contributed by atoms with Gasteiger partial charge in [-0.1, -0.05) is 23.2 Å². The van der Waals surface area contributed by atoms with Gasteiger partial charge in [0.15, 0.2) is 0 Å². The molecule has 1 aromatic heterocycles. The van der Waals surface area contributed by atoms with Gasteiger partial charge in [0.25, 0.3) is 5.91 Å². The van der Waals surface area contributed by atoms with Crippen molar-refractivity contribution in [1.82, 2.24) is 4.90 Å². The van der Waals surface area contributed by atoms with Crippen LogP contribution in [0.5, 0.6) is 0 Å². The second kappa shape index (κ2) is 5.14. The van der Waals surface area contributed by atoms with E-state index in [0.29, 0.717) is 27.3 Å². The van der Waals surface area contributed by atoms with Crippen LogP contribution >= 0.6 is 34.5 Å². The normalized spacial score (nSPS) is 25.1. The molecule has 2 atom stereocenters. The zero-order chi connectivity index (χ0) is 12.6. The standard InChI is InChI=1S/C11H13Cl2NO2S/c1-6-4-14(5-7(2)16-6)11(15)9-3-8(12)10(13)17-9/h3,6-7H,4-5H2,1-2H3. The van der Waals surface area contributed by atoms with Crippen molar-refractivity contribution in [3.05, 3.63) is 20.3 Å². The molecule has 1 aliphatic rings. The van der Waals surface area contributed by atoms with E-state index >= 15 is 0 Å². The van der Waals surface area contributed by atoms with Crippen molar-refractivity contribution in [2.75, 3.05) is 13.1 Å². The number of hydrogen-bond donors (Lipinski definition) is 0. The minimum absolute atomic E-state index is 0.0224. The molecule has 17 heavy (non-hydrogen) atoms. The Balaban J connectivity index is 2.14. The third-order valence-corrected chi connectivity index (χ3v) is 4.42. The van der Waals surface area contributed by atoms with Gasteiger partial charge in [-0.2, -0.15) is 0 Å². The molecule has 2 rings (SSSR count). The third kappa shape index (κ3) is 2.94. The molecule has 94 valence electrons. The summed E-state index contributed by atoms with van der Waals surface area (Å²) >= 11 is 12.9. The fourth-order valence-corrected chi connectivity index (χ4v) is 3.29. The number of carbonyl (C=O) groups excluding carboxylic acids is 1. The van der Waals surface area contributed by atoms with Gasteiger partial charge in [-0.05, 0) is 19.9 Å². The van der Waals surface area contributed by atoms with Gasteiger partial charge in [-0.3, -0.25) is 4.79 Å². The van der Waals surface area contributed by atoms with Crippen molar-refractivity contribution in [2.45, 2.75) is 26.1 Å². The third-order valence-electron chi connectivity index (χ3n) is 2.56. The lowest BCUT2D eigenvalue weighted by Crippen LogP contribution is -2.48. The second-order valence-electron chi connectivity index (χ2n) is 4.20. The quantitative estimate of drug-likeness (QED) is 0.795. The highest BCUT2D eigenvalue weighted by atomic mass is 35.5. The Kier molecular flexibility index (Phi) is 3.98. The fraction of sp³-hybridized carbons (Fsp3) is 0.545. The van der Waals surface area contributed by atoms with Crippen LogP contribution in [-0.4, -0.2) is 36.1 Å². The summed E-state index contributed by atoms with van der Waals surface area (Å²) in [5.41, 5.74) is 0. The lowest BCUT2D eigenvalue weighted by atomic mass is 10.2. The fourth-order valence-electron chi connectivity index (χ4n) is 1.95. The molecule has 0 radical (unpaired) electrons. The minimum Gasteiger partial charge on any atom is -0.372 e. The van der Waals surface area contributed by atoms with Gasteiger partial charge in [0, 0.05) is 13.1 Å². The van der Waals surface area contributed by atoms with Crippen LogP contribution < -0.4 is 0 Å². The van der Waals surface area contributed by atoms with Crippen molar-refractivity contribution >= 4 is 40.4 Å². The van der Waals surface area contributed by atoms with E-state index in [9.17, 15) is 4.79 Å². The predicted molar refractivity (Wildman–Crippen MR) is 70.3 cm³/mol. The van der Waals surface area contributed by atoms with Gasteiger partial charge in [0.05, 0.1) is 22.1 Å². The summed E-state index contributed by atoms with van der Waals surface area (Å²) in [6.07, 6.45) is 0.127. The Bertz CT molecular complexity index is 406. The highest BCUT2D eigenvalue weighted by molar-refractivity contribution is 7.18. The molecular formula is C11H13Cl2NO2S. The highest BCUT2D eigenvalue weighted by Gasteiger charge is 2.27. The van der Waals surface area contributed by atoms with Gasteiger partial charge in [0.2, 0.25) is 0 Å². The molecule has 2 heterocycles. The van der Waals surface area contributed by atoms with Crippen LogP contribution in [0.15, 0.2) is 6.07 Å². The van der Waals surface area contributed by atoms with E-state index in [4.69, 9.17) is 27.9 Å². The summed E-state index contributed by atoms with van der Waals surface area (Å²) in [4.78, 5) is 14.6. The molecule has 1 aromatic rings. The minimum atomic E-state index is -0.0224. The first-order valence-corrected chi connectivity index (χ1v) is 6.94. The average molecular weight is 294 g/mol. The number of hydrogen-bond acceptors (Lipinski definition) is 3. The van der Waals surface area contributed by atoms with Gasteiger partial charge >= 0.3 is 0 Å². The van der Waals surface area contributed by atoms with Crippen LogP contribution in [-0.2, 0) is 4.74 Å². The van der Waals surface area contributed by atoms with Gasteiger partial charge < -0.3 is 9.64 Å². The molecule has 0 saturated carbocycles. The van der Waals surface area contributed by atoms with Crippen LogP contribution in [0.25, 0.3) is 0 Å². The van der Waals surface area contributed by atoms with Crippen molar-refractivity contribution < 1.29 is 9.53 Å². The van der Waals surface area contributed by atoms with Crippen LogP contribution in [0, 0.1) is 0 Å². The Hall–Kier alpha value is -0.290. The maximum absolute atomic E-state index is 12.2. The number of carbonyl (C=O) groups is 1. The van der Waals surface area contributed by atoms with Gasteiger partial charge in [0.1, 0.15) is 4.34 Å². The molecule has 1 saturated heterocycles. The summed E-state index contributed by atoms with van der Waals surface area (Å²) < 4.78 is 6.05. The number of halogens is 2. The van der Waals surface area contributed by atoms with Crippen molar-refractivity contribution in [3.8, 4) is 0 Å². The Morgan fingerprint density at radius 3 is 2.47 bits per heavy atom. The zero-order valence-electron chi connectivity index (χ0n) is 9.57. The highest BCUT2D eigenvalue weighted by Crippen LogP contribution is 2.32. The molecule has 1 aliphatic heterocycles. The molecular weight excluding hydrogens is 281 g/mol. The molecule has 6 heteroatoms. The molecule has 2 unspecified atom stereocenters. The van der Waals surface area contributed by atoms with E-state index in [1.807, 2.05) is 13.8 Å². The lowest BCUT2D eigenvalue weighted by molar-refractivity contribution is -0.0585. The Labute approximate surface area is 114 Å². The molecule has 0 N–H and O–H groups in total. The van der Waals surface area contributed by atoms with E-state index in [0.717, 1.165) is 0 Å². The van der Waals surface area contributed by atoms with Gasteiger partial charge in [-0.15, -0.1) is 11.3 Å². The van der Waals surface area contributed by atoms with E-state index < -0.39 is 0 Å². The molecule has 0 aliphatic carbocycles. The predicted octanol–water partition coefficient (Wildman–Crippen LogP) is 3.30. The SMILES string of the molecule is CC1CN(C(=O)c2cc(Cl)c(Cl)s2)CC(C)O1. The maximum atomic E-state index is 12.2. The number of thiophene rings is 1. The molecule has 0 bridgehead atoms. The monoisotopic (exact) mass is 293 g/mol. The van der Waals surface area contributed by atoms with E-state index in [2.05, 4.69) is 0 Å². The Morgan fingerprint density at radius 2 is 2.00 bits per heavy atom. The summed E-state index contributed by atoms with van der Waals surface area (Å²) in [5, 5.41) is 0.439. The number of amides is 1. The number of ether oxygens (including phenoxy) is 1. The number of morpholine rings is 1. The van der Waals surface area contributed by atoms with E-state index in [1.165, 1.54) is 11.3 Å².